The van der Waals surface area contributed by atoms with Gasteiger partial charge in [-0.25, -0.2) is 9.37 Å². The number of rotatable bonds is 8. The predicted molar refractivity (Wildman–Crippen MR) is 116 cm³/mol. The zero-order valence-corrected chi connectivity index (χ0v) is 18.1. The van der Waals surface area contributed by atoms with Gasteiger partial charge >= 0.3 is 0 Å². The minimum absolute atomic E-state index is 0.304. The first-order valence-corrected chi connectivity index (χ1v) is 10.2. The number of aromatic nitrogens is 1. The van der Waals surface area contributed by atoms with E-state index >= 15 is 0 Å². The number of anilines is 1. The zero-order valence-electron chi connectivity index (χ0n) is 17.2. The van der Waals surface area contributed by atoms with Gasteiger partial charge < -0.3 is 14.2 Å². The van der Waals surface area contributed by atoms with E-state index in [1.807, 2.05) is 0 Å². The number of nitrogens with zero attached hydrogens (tertiary/aromatic N) is 1. The Balaban J connectivity index is 1.92. The van der Waals surface area contributed by atoms with Gasteiger partial charge in [-0.1, -0.05) is 13.3 Å². The molecule has 0 fully saturated rings. The van der Waals surface area contributed by atoms with Crippen LogP contribution in [0.2, 0.25) is 0 Å². The molecule has 3 rings (SSSR count). The van der Waals surface area contributed by atoms with Crippen molar-refractivity contribution in [1.82, 2.24) is 4.98 Å². The van der Waals surface area contributed by atoms with Crippen LogP contribution in [0.3, 0.4) is 0 Å². The Labute approximate surface area is 178 Å². The van der Waals surface area contributed by atoms with Crippen molar-refractivity contribution >= 4 is 22.4 Å². The van der Waals surface area contributed by atoms with E-state index in [4.69, 9.17) is 14.2 Å². The summed E-state index contributed by atoms with van der Waals surface area (Å²) in [6.45, 7) is 2.07. The van der Waals surface area contributed by atoms with Crippen LogP contribution in [-0.4, -0.2) is 32.2 Å². The number of carbonyl (C=O) groups is 1. The molecule has 30 heavy (non-hydrogen) atoms. The standard InChI is InChI=1S/C22H23FN2O4S/c1-5-6-18-19(13-7-9-15(23)10-8-13)24-22(30-18)25-21(26)14-11-16(27-2)20(29-4)17(12-14)28-3/h7-12H,5-6H2,1-4H3,(H,24,25,26). The second-order valence-electron chi connectivity index (χ2n) is 6.42. The topological polar surface area (TPSA) is 69.7 Å². The normalized spacial score (nSPS) is 10.6. The van der Waals surface area contributed by atoms with Crippen molar-refractivity contribution in [1.29, 1.82) is 0 Å². The third-order valence-corrected chi connectivity index (χ3v) is 5.47. The van der Waals surface area contributed by atoms with E-state index in [0.29, 0.717) is 27.9 Å². The van der Waals surface area contributed by atoms with Gasteiger partial charge in [0.15, 0.2) is 16.6 Å². The van der Waals surface area contributed by atoms with E-state index in [0.717, 1.165) is 29.0 Å². The minimum Gasteiger partial charge on any atom is -0.493 e. The van der Waals surface area contributed by atoms with Crippen LogP contribution in [0.1, 0.15) is 28.6 Å². The van der Waals surface area contributed by atoms with Crippen LogP contribution in [0.25, 0.3) is 11.3 Å². The van der Waals surface area contributed by atoms with Gasteiger partial charge in [0.2, 0.25) is 5.75 Å². The highest BCUT2D eigenvalue weighted by molar-refractivity contribution is 7.16. The summed E-state index contributed by atoms with van der Waals surface area (Å²) < 4.78 is 29.2. The molecule has 6 nitrogen and oxygen atoms in total. The summed E-state index contributed by atoms with van der Waals surface area (Å²) in [5, 5.41) is 3.31. The average Bonchev–Trinajstić information content (AvgIpc) is 3.15. The lowest BCUT2D eigenvalue weighted by atomic mass is 10.1. The molecule has 0 aliphatic rings. The van der Waals surface area contributed by atoms with Gasteiger partial charge in [0.1, 0.15) is 5.82 Å². The van der Waals surface area contributed by atoms with Crippen molar-refractivity contribution in [2.45, 2.75) is 19.8 Å². The Kier molecular flexibility index (Phi) is 6.89. The molecule has 0 spiro atoms. The molecule has 0 aliphatic carbocycles. The van der Waals surface area contributed by atoms with Crippen LogP contribution in [0.4, 0.5) is 9.52 Å². The molecule has 0 unspecified atom stereocenters. The van der Waals surface area contributed by atoms with Gasteiger partial charge in [0.25, 0.3) is 5.91 Å². The molecule has 3 aromatic rings. The molecule has 1 aromatic heterocycles. The Morgan fingerprint density at radius 2 is 1.70 bits per heavy atom. The van der Waals surface area contributed by atoms with Crippen LogP contribution in [0.15, 0.2) is 36.4 Å². The van der Waals surface area contributed by atoms with Crippen LogP contribution < -0.4 is 19.5 Å². The van der Waals surface area contributed by atoms with Gasteiger partial charge in [0.05, 0.1) is 27.0 Å². The van der Waals surface area contributed by atoms with Crippen LogP contribution in [0.5, 0.6) is 17.2 Å². The first-order valence-electron chi connectivity index (χ1n) is 9.37. The number of halogens is 1. The second kappa shape index (κ2) is 9.58. The SMILES string of the molecule is CCCc1sc(NC(=O)c2cc(OC)c(OC)c(OC)c2)nc1-c1ccc(F)cc1. The highest BCUT2D eigenvalue weighted by Crippen LogP contribution is 2.39. The number of hydrogen-bond donors (Lipinski definition) is 1. The molecule has 1 heterocycles. The quantitative estimate of drug-likeness (QED) is 0.533. The molecule has 1 N–H and O–H groups in total. The van der Waals surface area contributed by atoms with E-state index in [1.54, 1.807) is 24.3 Å². The molecule has 1 amide bonds. The van der Waals surface area contributed by atoms with Crippen LogP contribution >= 0.6 is 11.3 Å². The number of nitrogens with one attached hydrogen (secondary N) is 1. The monoisotopic (exact) mass is 430 g/mol. The van der Waals surface area contributed by atoms with E-state index in [9.17, 15) is 9.18 Å². The number of aryl methyl sites for hydroxylation is 1. The molecule has 0 radical (unpaired) electrons. The Morgan fingerprint density at radius 3 is 2.23 bits per heavy atom. The molecule has 0 atom stereocenters. The van der Waals surface area contributed by atoms with E-state index < -0.39 is 0 Å². The minimum atomic E-state index is -0.350. The number of methoxy groups -OCH3 is 3. The lowest BCUT2D eigenvalue weighted by Gasteiger charge is -2.13. The Morgan fingerprint density at radius 1 is 1.07 bits per heavy atom. The molecule has 8 heteroatoms. The summed E-state index contributed by atoms with van der Waals surface area (Å²) >= 11 is 1.41. The largest absolute Gasteiger partial charge is 0.493 e. The zero-order chi connectivity index (χ0) is 21.7. The number of amides is 1. The average molecular weight is 431 g/mol. The van der Waals surface area contributed by atoms with E-state index in [1.165, 1.54) is 44.8 Å². The number of benzene rings is 2. The van der Waals surface area contributed by atoms with E-state index in [-0.39, 0.29) is 11.7 Å². The molecule has 0 saturated heterocycles. The smallest absolute Gasteiger partial charge is 0.257 e. The van der Waals surface area contributed by atoms with Gasteiger partial charge in [-0.3, -0.25) is 10.1 Å². The molecule has 0 aliphatic heterocycles. The highest BCUT2D eigenvalue weighted by atomic mass is 32.1. The fourth-order valence-electron chi connectivity index (χ4n) is 3.02. The fourth-order valence-corrected chi connectivity index (χ4v) is 4.10. The maximum atomic E-state index is 13.3. The summed E-state index contributed by atoms with van der Waals surface area (Å²) in [6.07, 6.45) is 1.74. The van der Waals surface area contributed by atoms with E-state index in [2.05, 4.69) is 17.2 Å². The van der Waals surface area contributed by atoms with Crippen LogP contribution in [0, 0.1) is 5.82 Å². The Hall–Kier alpha value is -3.13. The first kappa shape index (κ1) is 21.6. The maximum absolute atomic E-state index is 13.3. The third kappa shape index (κ3) is 4.54. The summed E-state index contributed by atoms with van der Waals surface area (Å²) in [5.41, 5.74) is 1.91. The van der Waals surface area contributed by atoms with Gasteiger partial charge in [-0.05, 0) is 42.8 Å². The van der Waals surface area contributed by atoms with Gasteiger partial charge in [-0.2, -0.15) is 0 Å². The molecular formula is C22H23FN2O4S. The van der Waals surface area contributed by atoms with Crippen molar-refractivity contribution in [3.63, 3.8) is 0 Å². The maximum Gasteiger partial charge on any atom is 0.257 e. The third-order valence-electron chi connectivity index (χ3n) is 4.44. The molecule has 158 valence electrons. The number of ether oxygens (including phenoxy) is 3. The first-order chi connectivity index (χ1) is 14.5. The van der Waals surface area contributed by atoms with Crippen molar-refractivity contribution in [3.05, 3.63) is 52.7 Å². The molecule has 2 aromatic carbocycles. The van der Waals surface area contributed by atoms with Crippen molar-refractivity contribution in [2.75, 3.05) is 26.6 Å². The number of thiazole rings is 1. The second-order valence-corrected chi connectivity index (χ2v) is 7.50. The summed E-state index contributed by atoms with van der Waals surface area (Å²) in [6, 6.07) is 9.34. The Bertz CT molecular complexity index is 1010. The van der Waals surface area contributed by atoms with Crippen molar-refractivity contribution in [3.8, 4) is 28.5 Å². The number of carbonyl (C=O) groups excluding carboxylic acids is 1. The van der Waals surface area contributed by atoms with Crippen LogP contribution in [-0.2, 0) is 6.42 Å². The lowest BCUT2D eigenvalue weighted by molar-refractivity contribution is 0.102. The predicted octanol–water partition coefficient (Wildman–Crippen LogP) is 5.18. The summed E-state index contributed by atoms with van der Waals surface area (Å²) in [4.78, 5) is 18.5. The molecular weight excluding hydrogens is 407 g/mol. The molecule has 0 bridgehead atoms. The summed E-state index contributed by atoms with van der Waals surface area (Å²) in [7, 11) is 4.49. The molecule has 0 saturated carbocycles. The van der Waals surface area contributed by atoms with Crippen molar-refractivity contribution in [2.24, 2.45) is 0 Å². The lowest BCUT2D eigenvalue weighted by Crippen LogP contribution is -2.12. The number of hydrogen-bond acceptors (Lipinski definition) is 6. The fraction of sp³-hybridized carbons (Fsp3) is 0.273. The summed E-state index contributed by atoms with van der Waals surface area (Å²) in [5.74, 6) is 0.535. The van der Waals surface area contributed by atoms with Gasteiger partial charge in [-0.15, -0.1) is 11.3 Å². The van der Waals surface area contributed by atoms with Crippen molar-refractivity contribution < 1.29 is 23.4 Å². The highest BCUT2D eigenvalue weighted by Gasteiger charge is 2.19. The van der Waals surface area contributed by atoms with Gasteiger partial charge in [0, 0.05) is 16.0 Å².